The van der Waals surface area contributed by atoms with Crippen molar-refractivity contribution in [2.24, 2.45) is 5.92 Å². The molecular formula is C20H22N2O. The Balaban J connectivity index is 1.56. The minimum atomic E-state index is 0.193. The molecule has 2 aromatic rings. The topological polar surface area (TPSA) is 45.0 Å². The van der Waals surface area contributed by atoms with Crippen molar-refractivity contribution in [1.82, 2.24) is 5.32 Å². The quantitative estimate of drug-likeness (QED) is 0.913. The Hall–Kier alpha value is -2.15. The van der Waals surface area contributed by atoms with Crippen LogP contribution in [0.15, 0.2) is 54.6 Å². The fraction of sp³-hybridized carbons (Fsp3) is 0.350. The van der Waals surface area contributed by atoms with E-state index in [1.807, 2.05) is 30.3 Å². The van der Waals surface area contributed by atoms with Crippen molar-refractivity contribution in [3.63, 3.8) is 0 Å². The highest BCUT2D eigenvalue weighted by molar-refractivity contribution is 5.31. The van der Waals surface area contributed by atoms with E-state index in [1.165, 1.54) is 17.5 Å². The molecule has 1 aliphatic heterocycles. The lowest BCUT2D eigenvalue weighted by atomic mass is 9.89. The number of hydrogen-bond donors (Lipinski definition) is 1. The fourth-order valence-electron chi connectivity index (χ4n) is 3.16. The van der Waals surface area contributed by atoms with Crippen LogP contribution in [0, 0.1) is 17.2 Å². The summed E-state index contributed by atoms with van der Waals surface area (Å²) in [6, 6.07) is 20.4. The maximum atomic E-state index is 8.83. The molecule has 0 bridgehead atoms. The molecule has 1 saturated heterocycles. The second-order valence-corrected chi connectivity index (χ2v) is 6.04. The summed E-state index contributed by atoms with van der Waals surface area (Å²) in [5.41, 5.74) is 3.19. The van der Waals surface area contributed by atoms with E-state index in [4.69, 9.17) is 10.00 Å². The summed E-state index contributed by atoms with van der Waals surface area (Å²) in [5.74, 6) is 0.504. The summed E-state index contributed by atoms with van der Waals surface area (Å²) < 4.78 is 6.03. The standard InChI is InChI=1S/C20H22N2O/c21-13-16-8-10-17(11-9-16)14-22-15-19-7-4-12-23-20(19)18-5-2-1-3-6-18/h1-3,5-6,8-11,19-20,22H,4,7,12,14-15H2/t19-,20+/m0/s1. The minimum Gasteiger partial charge on any atom is -0.373 e. The minimum absolute atomic E-state index is 0.193. The van der Waals surface area contributed by atoms with Gasteiger partial charge < -0.3 is 10.1 Å². The van der Waals surface area contributed by atoms with E-state index in [0.29, 0.717) is 11.5 Å². The molecule has 2 atom stereocenters. The van der Waals surface area contributed by atoms with Crippen LogP contribution >= 0.6 is 0 Å². The Kier molecular flexibility index (Phi) is 5.42. The van der Waals surface area contributed by atoms with Crippen LogP contribution < -0.4 is 5.32 Å². The summed E-state index contributed by atoms with van der Waals surface area (Å²) in [6.45, 7) is 2.62. The number of nitrogens with zero attached hydrogens (tertiary/aromatic N) is 1. The van der Waals surface area contributed by atoms with Gasteiger partial charge >= 0.3 is 0 Å². The van der Waals surface area contributed by atoms with Gasteiger partial charge in [0.05, 0.1) is 17.7 Å². The zero-order valence-electron chi connectivity index (χ0n) is 13.2. The number of nitrogens with one attached hydrogen (secondary N) is 1. The van der Waals surface area contributed by atoms with Gasteiger partial charge in [-0.05, 0) is 36.1 Å². The van der Waals surface area contributed by atoms with Crippen LogP contribution in [0.1, 0.15) is 35.6 Å². The summed E-state index contributed by atoms with van der Waals surface area (Å²) in [5, 5.41) is 12.4. The van der Waals surface area contributed by atoms with Crippen molar-refractivity contribution in [1.29, 1.82) is 5.26 Å². The van der Waals surface area contributed by atoms with Crippen LogP contribution in [0.5, 0.6) is 0 Å². The number of hydrogen-bond acceptors (Lipinski definition) is 3. The van der Waals surface area contributed by atoms with Crippen molar-refractivity contribution in [3.8, 4) is 6.07 Å². The zero-order valence-corrected chi connectivity index (χ0v) is 13.2. The largest absolute Gasteiger partial charge is 0.373 e. The highest BCUT2D eigenvalue weighted by atomic mass is 16.5. The maximum absolute atomic E-state index is 8.83. The second kappa shape index (κ2) is 7.92. The molecule has 1 N–H and O–H groups in total. The van der Waals surface area contributed by atoms with Crippen molar-refractivity contribution < 1.29 is 4.74 Å². The van der Waals surface area contributed by atoms with Crippen molar-refractivity contribution >= 4 is 0 Å². The Morgan fingerprint density at radius 2 is 1.87 bits per heavy atom. The summed E-state index contributed by atoms with van der Waals surface area (Å²) in [7, 11) is 0. The van der Waals surface area contributed by atoms with E-state index >= 15 is 0 Å². The number of nitriles is 1. The Labute approximate surface area is 137 Å². The molecule has 0 spiro atoms. The van der Waals surface area contributed by atoms with E-state index in [-0.39, 0.29) is 6.10 Å². The predicted octanol–water partition coefficient (Wildman–Crippen LogP) is 3.82. The predicted molar refractivity (Wildman–Crippen MR) is 90.7 cm³/mol. The molecular weight excluding hydrogens is 284 g/mol. The smallest absolute Gasteiger partial charge is 0.0991 e. The molecule has 3 rings (SSSR count). The lowest BCUT2D eigenvalue weighted by Crippen LogP contribution is -2.31. The van der Waals surface area contributed by atoms with Gasteiger partial charge in [-0.2, -0.15) is 5.26 Å². The molecule has 0 saturated carbocycles. The lowest BCUT2D eigenvalue weighted by molar-refractivity contribution is -0.0278. The van der Waals surface area contributed by atoms with Crippen LogP contribution in [0.3, 0.4) is 0 Å². The molecule has 1 aliphatic rings. The zero-order chi connectivity index (χ0) is 15.9. The van der Waals surface area contributed by atoms with Gasteiger partial charge in [0.25, 0.3) is 0 Å². The monoisotopic (exact) mass is 306 g/mol. The lowest BCUT2D eigenvalue weighted by Gasteiger charge is -2.32. The molecule has 0 aromatic heterocycles. The van der Waals surface area contributed by atoms with E-state index in [9.17, 15) is 0 Å². The molecule has 0 unspecified atom stereocenters. The van der Waals surface area contributed by atoms with E-state index in [1.54, 1.807) is 0 Å². The third kappa shape index (κ3) is 4.19. The van der Waals surface area contributed by atoms with Gasteiger partial charge in [-0.15, -0.1) is 0 Å². The van der Waals surface area contributed by atoms with Gasteiger partial charge in [0.2, 0.25) is 0 Å². The van der Waals surface area contributed by atoms with Crippen molar-refractivity contribution in [2.75, 3.05) is 13.2 Å². The number of rotatable bonds is 5. The van der Waals surface area contributed by atoms with Crippen LogP contribution in [0.25, 0.3) is 0 Å². The van der Waals surface area contributed by atoms with E-state index in [2.05, 4.69) is 35.7 Å². The first kappa shape index (κ1) is 15.7. The Bertz CT molecular complexity index is 646. The Morgan fingerprint density at radius 1 is 1.09 bits per heavy atom. The number of benzene rings is 2. The van der Waals surface area contributed by atoms with Gasteiger partial charge in [0.15, 0.2) is 0 Å². The molecule has 118 valence electrons. The highest BCUT2D eigenvalue weighted by Gasteiger charge is 2.26. The molecule has 1 fully saturated rings. The Morgan fingerprint density at radius 3 is 2.61 bits per heavy atom. The summed E-state index contributed by atoms with van der Waals surface area (Å²) >= 11 is 0. The normalized spacial score (nSPS) is 20.8. The highest BCUT2D eigenvalue weighted by Crippen LogP contribution is 2.33. The summed E-state index contributed by atoms with van der Waals surface area (Å²) in [6.07, 6.45) is 2.52. The average molecular weight is 306 g/mol. The number of ether oxygens (including phenoxy) is 1. The third-order valence-electron chi connectivity index (χ3n) is 4.39. The molecule has 3 nitrogen and oxygen atoms in total. The molecule has 0 aliphatic carbocycles. The van der Waals surface area contributed by atoms with Gasteiger partial charge in [0.1, 0.15) is 0 Å². The van der Waals surface area contributed by atoms with Gasteiger partial charge in [-0.3, -0.25) is 0 Å². The first-order valence-corrected chi connectivity index (χ1v) is 8.23. The molecule has 0 radical (unpaired) electrons. The first-order chi connectivity index (χ1) is 11.4. The van der Waals surface area contributed by atoms with Crippen LogP contribution in [0.4, 0.5) is 0 Å². The van der Waals surface area contributed by atoms with E-state index < -0.39 is 0 Å². The fourth-order valence-corrected chi connectivity index (χ4v) is 3.16. The van der Waals surface area contributed by atoms with E-state index in [0.717, 1.165) is 26.1 Å². The molecule has 1 heterocycles. The van der Waals surface area contributed by atoms with Crippen molar-refractivity contribution in [3.05, 3.63) is 71.3 Å². The van der Waals surface area contributed by atoms with Gasteiger partial charge in [-0.25, -0.2) is 0 Å². The SMILES string of the molecule is N#Cc1ccc(CNC[C@@H]2CCCO[C@@H]2c2ccccc2)cc1. The van der Waals surface area contributed by atoms with Crippen molar-refractivity contribution in [2.45, 2.75) is 25.5 Å². The third-order valence-corrected chi connectivity index (χ3v) is 4.39. The van der Waals surface area contributed by atoms with Gasteiger partial charge in [0, 0.05) is 25.6 Å². The molecule has 2 aromatic carbocycles. The average Bonchev–Trinajstić information content (AvgIpc) is 2.63. The maximum Gasteiger partial charge on any atom is 0.0991 e. The molecule has 3 heteroatoms. The van der Waals surface area contributed by atoms with Crippen LogP contribution in [-0.4, -0.2) is 13.2 Å². The first-order valence-electron chi connectivity index (χ1n) is 8.23. The molecule has 23 heavy (non-hydrogen) atoms. The molecule has 0 amide bonds. The summed E-state index contributed by atoms with van der Waals surface area (Å²) in [4.78, 5) is 0. The second-order valence-electron chi connectivity index (χ2n) is 6.04. The van der Waals surface area contributed by atoms with Gasteiger partial charge in [-0.1, -0.05) is 42.5 Å². The van der Waals surface area contributed by atoms with Crippen LogP contribution in [-0.2, 0) is 11.3 Å². The van der Waals surface area contributed by atoms with Crippen LogP contribution in [0.2, 0.25) is 0 Å².